The number of hydrogen-bond acceptors (Lipinski definition) is 4. The summed E-state index contributed by atoms with van der Waals surface area (Å²) in [4.78, 5) is 16.7. The Morgan fingerprint density at radius 3 is 3.12 bits per heavy atom. The third-order valence-electron chi connectivity index (χ3n) is 4.49. The number of hydrogen-bond donors (Lipinski definition) is 3. The molecule has 1 aromatic carbocycles. The van der Waals surface area contributed by atoms with Gasteiger partial charge in [-0.1, -0.05) is 6.07 Å². The Kier molecular flexibility index (Phi) is 3.68. The first kappa shape index (κ1) is 14.7. The lowest BCUT2D eigenvalue weighted by atomic mass is 10.1. The van der Waals surface area contributed by atoms with Crippen molar-refractivity contribution < 1.29 is 9.21 Å². The van der Waals surface area contributed by atoms with E-state index >= 15 is 0 Å². The smallest absolute Gasteiger partial charge is 0.319 e. The van der Waals surface area contributed by atoms with Gasteiger partial charge >= 0.3 is 6.03 Å². The van der Waals surface area contributed by atoms with E-state index in [1.54, 1.807) is 12.5 Å². The second-order valence-electron chi connectivity index (χ2n) is 6.27. The average molecular weight is 325 g/mol. The number of nitrogens with zero attached hydrogens (tertiary/aromatic N) is 2. The summed E-state index contributed by atoms with van der Waals surface area (Å²) in [5.74, 6) is 1.06. The van der Waals surface area contributed by atoms with E-state index in [2.05, 4.69) is 25.8 Å². The molecule has 1 aliphatic rings. The number of urea groups is 1. The molecule has 3 N–H and O–H groups in total. The fourth-order valence-corrected chi connectivity index (χ4v) is 3.32. The third-order valence-corrected chi connectivity index (χ3v) is 4.49. The summed E-state index contributed by atoms with van der Waals surface area (Å²) in [6, 6.07) is 5.60. The summed E-state index contributed by atoms with van der Waals surface area (Å²) in [5, 5.41) is 13.7. The number of aromatic amines is 1. The standard InChI is InChI=1S/C17H19N5O2/c1-10-9-24-16(19-10)11-5-6-12(7-11)20-17(23)21-14-3-2-4-15-13(14)8-18-22-15/h2-4,8-9,11-12H,5-7H2,1H3,(H,18,22)(H2,20,21,23). The topological polar surface area (TPSA) is 95.8 Å². The lowest BCUT2D eigenvalue weighted by Gasteiger charge is -2.14. The van der Waals surface area contributed by atoms with Crippen LogP contribution in [0, 0.1) is 6.92 Å². The molecule has 1 saturated carbocycles. The van der Waals surface area contributed by atoms with Crippen LogP contribution in [0.1, 0.15) is 36.8 Å². The van der Waals surface area contributed by atoms with E-state index < -0.39 is 0 Å². The van der Waals surface area contributed by atoms with Gasteiger partial charge in [0.15, 0.2) is 5.89 Å². The minimum atomic E-state index is -0.196. The van der Waals surface area contributed by atoms with Crippen molar-refractivity contribution in [3.05, 3.63) is 42.2 Å². The quantitative estimate of drug-likeness (QED) is 0.688. The van der Waals surface area contributed by atoms with Crippen molar-refractivity contribution in [3.8, 4) is 0 Å². The summed E-state index contributed by atoms with van der Waals surface area (Å²) < 4.78 is 5.49. The highest BCUT2D eigenvalue weighted by Gasteiger charge is 2.30. The highest BCUT2D eigenvalue weighted by molar-refractivity contribution is 6.00. The van der Waals surface area contributed by atoms with Gasteiger partial charge in [0.25, 0.3) is 0 Å². The van der Waals surface area contributed by atoms with Gasteiger partial charge in [-0.3, -0.25) is 5.10 Å². The van der Waals surface area contributed by atoms with Crippen molar-refractivity contribution in [3.63, 3.8) is 0 Å². The number of benzene rings is 1. The fraction of sp³-hybridized carbons (Fsp3) is 0.353. The average Bonchev–Trinajstić information content (AvgIpc) is 3.27. The molecular formula is C17H19N5O2. The Labute approximate surface area is 138 Å². The van der Waals surface area contributed by atoms with Crippen LogP contribution in [0.2, 0.25) is 0 Å². The first-order valence-electron chi connectivity index (χ1n) is 8.10. The number of aromatic nitrogens is 3. The monoisotopic (exact) mass is 325 g/mol. The van der Waals surface area contributed by atoms with Gasteiger partial charge in [0.2, 0.25) is 0 Å². The van der Waals surface area contributed by atoms with Gasteiger partial charge < -0.3 is 15.1 Å². The first-order valence-corrected chi connectivity index (χ1v) is 8.10. The molecule has 24 heavy (non-hydrogen) atoms. The highest BCUT2D eigenvalue weighted by atomic mass is 16.3. The molecule has 1 fully saturated rings. The third kappa shape index (κ3) is 2.84. The van der Waals surface area contributed by atoms with E-state index in [9.17, 15) is 4.79 Å². The molecule has 0 bridgehead atoms. The zero-order chi connectivity index (χ0) is 16.5. The van der Waals surface area contributed by atoms with Crippen LogP contribution < -0.4 is 10.6 Å². The van der Waals surface area contributed by atoms with Gasteiger partial charge in [-0.05, 0) is 38.3 Å². The Bertz CT molecular complexity index is 869. The van der Waals surface area contributed by atoms with Gasteiger partial charge in [-0.2, -0.15) is 5.10 Å². The highest BCUT2D eigenvalue weighted by Crippen LogP contribution is 2.34. The molecule has 7 nitrogen and oxygen atoms in total. The van der Waals surface area contributed by atoms with Crippen LogP contribution in [-0.2, 0) is 0 Å². The normalized spacial score (nSPS) is 20.4. The fourth-order valence-electron chi connectivity index (χ4n) is 3.32. The summed E-state index contributed by atoms with van der Waals surface area (Å²) in [6.45, 7) is 1.92. The molecule has 2 aromatic heterocycles. The second kappa shape index (κ2) is 5.99. The number of carbonyl (C=O) groups excluding carboxylic acids is 1. The molecule has 1 aliphatic carbocycles. The van der Waals surface area contributed by atoms with Crippen LogP contribution in [0.4, 0.5) is 10.5 Å². The molecule has 2 atom stereocenters. The summed E-state index contributed by atoms with van der Waals surface area (Å²) in [5.41, 5.74) is 2.54. The maximum Gasteiger partial charge on any atom is 0.319 e. The second-order valence-corrected chi connectivity index (χ2v) is 6.27. The maximum atomic E-state index is 12.3. The number of oxazole rings is 1. The molecule has 3 aromatic rings. The molecule has 2 heterocycles. The number of aryl methyl sites for hydroxylation is 1. The lowest BCUT2D eigenvalue weighted by molar-refractivity contribution is 0.248. The van der Waals surface area contributed by atoms with E-state index in [1.165, 1.54) is 0 Å². The molecule has 7 heteroatoms. The van der Waals surface area contributed by atoms with E-state index in [1.807, 2.05) is 25.1 Å². The minimum absolute atomic E-state index is 0.130. The Morgan fingerprint density at radius 2 is 2.29 bits per heavy atom. The number of amides is 2. The van der Waals surface area contributed by atoms with E-state index in [4.69, 9.17) is 4.42 Å². The Balaban J connectivity index is 1.37. The zero-order valence-electron chi connectivity index (χ0n) is 13.4. The number of H-pyrrole nitrogens is 1. The van der Waals surface area contributed by atoms with Crippen LogP contribution in [0.15, 0.2) is 35.1 Å². The van der Waals surface area contributed by atoms with Crippen LogP contribution in [0.3, 0.4) is 0 Å². The number of carbonyl (C=O) groups is 1. The van der Waals surface area contributed by atoms with Gasteiger partial charge in [-0.25, -0.2) is 9.78 Å². The van der Waals surface area contributed by atoms with Crippen molar-refractivity contribution in [2.75, 3.05) is 5.32 Å². The van der Waals surface area contributed by atoms with Crippen molar-refractivity contribution in [1.29, 1.82) is 0 Å². The summed E-state index contributed by atoms with van der Waals surface area (Å²) in [6.07, 6.45) is 6.14. The predicted octanol–water partition coefficient (Wildman–Crippen LogP) is 3.32. The molecule has 0 aliphatic heterocycles. The van der Waals surface area contributed by atoms with Gasteiger partial charge in [0, 0.05) is 17.3 Å². The number of anilines is 1. The summed E-state index contributed by atoms with van der Waals surface area (Å²) in [7, 11) is 0. The maximum absolute atomic E-state index is 12.3. The van der Waals surface area contributed by atoms with Crippen LogP contribution in [-0.4, -0.2) is 27.3 Å². The van der Waals surface area contributed by atoms with Crippen LogP contribution in [0.25, 0.3) is 10.9 Å². The van der Waals surface area contributed by atoms with Crippen molar-refractivity contribution in [1.82, 2.24) is 20.5 Å². The summed E-state index contributed by atoms with van der Waals surface area (Å²) >= 11 is 0. The predicted molar refractivity (Wildman–Crippen MR) is 89.9 cm³/mol. The molecule has 2 unspecified atom stereocenters. The van der Waals surface area contributed by atoms with Crippen LogP contribution >= 0.6 is 0 Å². The van der Waals surface area contributed by atoms with Crippen molar-refractivity contribution in [2.24, 2.45) is 0 Å². The number of fused-ring (bicyclic) bond motifs is 1. The minimum Gasteiger partial charge on any atom is -0.448 e. The van der Waals surface area contributed by atoms with Crippen molar-refractivity contribution >= 4 is 22.6 Å². The van der Waals surface area contributed by atoms with Crippen molar-refractivity contribution in [2.45, 2.75) is 38.1 Å². The molecule has 2 amide bonds. The molecule has 0 saturated heterocycles. The molecule has 124 valence electrons. The SMILES string of the molecule is Cc1coc(C2CCC(NC(=O)Nc3cccc4[nH]ncc34)C2)n1. The molecule has 0 spiro atoms. The Hall–Kier alpha value is -2.83. The molecule has 0 radical (unpaired) electrons. The number of nitrogens with one attached hydrogen (secondary N) is 3. The van der Waals surface area contributed by atoms with E-state index in [0.717, 1.165) is 47.4 Å². The van der Waals surface area contributed by atoms with E-state index in [0.29, 0.717) is 0 Å². The Morgan fingerprint density at radius 1 is 1.38 bits per heavy atom. The largest absolute Gasteiger partial charge is 0.448 e. The zero-order valence-corrected chi connectivity index (χ0v) is 13.4. The molecule has 4 rings (SSSR count). The lowest BCUT2D eigenvalue weighted by Crippen LogP contribution is -2.36. The van der Waals surface area contributed by atoms with Gasteiger partial charge in [0.05, 0.1) is 23.1 Å². The molecular weight excluding hydrogens is 306 g/mol. The van der Waals surface area contributed by atoms with Crippen LogP contribution in [0.5, 0.6) is 0 Å². The van der Waals surface area contributed by atoms with Gasteiger partial charge in [-0.15, -0.1) is 0 Å². The van der Waals surface area contributed by atoms with Gasteiger partial charge in [0.1, 0.15) is 6.26 Å². The number of rotatable bonds is 3. The van der Waals surface area contributed by atoms with E-state index in [-0.39, 0.29) is 18.0 Å². The first-order chi connectivity index (χ1) is 11.7.